The maximum absolute atomic E-state index is 12.6. The molecule has 1 amide bonds. The first kappa shape index (κ1) is 17.6. The van der Waals surface area contributed by atoms with Gasteiger partial charge in [-0.15, -0.1) is 11.3 Å². The Morgan fingerprint density at radius 1 is 1.35 bits per heavy atom. The van der Waals surface area contributed by atoms with E-state index < -0.39 is 17.6 Å². The molecule has 2 aromatic heterocycles. The van der Waals surface area contributed by atoms with Crippen LogP contribution in [-0.2, 0) is 6.54 Å². The molecule has 0 atom stereocenters. The first-order valence-corrected chi connectivity index (χ1v) is 8.51. The third-order valence-corrected chi connectivity index (χ3v) is 5.15. The van der Waals surface area contributed by atoms with Crippen LogP contribution in [-0.4, -0.2) is 31.6 Å². The molecule has 3 rings (SSSR count). The largest absolute Gasteiger partial charge is 0.507 e. The van der Waals surface area contributed by atoms with Crippen molar-refractivity contribution in [2.75, 3.05) is 5.32 Å². The van der Waals surface area contributed by atoms with Gasteiger partial charge in [0.1, 0.15) is 16.1 Å². The second kappa shape index (κ2) is 6.60. The lowest BCUT2D eigenvalue weighted by Gasteiger charge is -2.07. The molecule has 0 unspecified atom stereocenters. The van der Waals surface area contributed by atoms with Crippen LogP contribution in [0.1, 0.15) is 32.5 Å². The summed E-state index contributed by atoms with van der Waals surface area (Å²) >= 11 is 1.10. The molecule has 134 valence electrons. The molecular weight excluding hydrogens is 358 g/mol. The van der Waals surface area contributed by atoms with Gasteiger partial charge in [0, 0.05) is 12.2 Å². The number of carboxylic acids is 1. The van der Waals surface area contributed by atoms with Crippen LogP contribution in [0.3, 0.4) is 0 Å². The Morgan fingerprint density at radius 3 is 2.73 bits per heavy atom. The topological polar surface area (TPSA) is 122 Å². The highest BCUT2D eigenvalue weighted by molar-refractivity contribution is 7.20. The number of hydrogen-bond acceptors (Lipinski definition) is 6. The summed E-state index contributed by atoms with van der Waals surface area (Å²) in [7, 11) is 0. The summed E-state index contributed by atoms with van der Waals surface area (Å²) in [5, 5.41) is 21.6. The first-order valence-electron chi connectivity index (χ1n) is 7.69. The van der Waals surface area contributed by atoms with Crippen LogP contribution in [0.4, 0.5) is 5.69 Å². The van der Waals surface area contributed by atoms with Crippen LogP contribution in [0.15, 0.2) is 29.3 Å². The molecule has 0 aliphatic rings. The lowest BCUT2D eigenvalue weighted by molar-refractivity contribution is 0.0693. The molecule has 0 saturated heterocycles. The zero-order chi connectivity index (χ0) is 19.0. The predicted molar refractivity (Wildman–Crippen MR) is 97.3 cm³/mol. The SMILES string of the molecule is CCn1cnc2sc(C(=O)Nc3ccc(O)c(C(=O)O)c3)c(C)c2c1=O. The molecule has 0 bridgehead atoms. The summed E-state index contributed by atoms with van der Waals surface area (Å²) in [6.45, 7) is 3.98. The molecule has 9 heteroatoms. The second-order valence-electron chi connectivity index (χ2n) is 5.56. The number of aromatic hydroxyl groups is 1. The van der Waals surface area contributed by atoms with Gasteiger partial charge in [-0.1, -0.05) is 0 Å². The Hall–Kier alpha value is -3.20. The Bertz CT molecular complexity index is 1100. The maximum atomic E-state index is 12.6. The maximum Gasteiger partial charge on any atom is 0.339 e. The molecule has 0 aliphatic heterocycles. The number of hydrogen-bond donors (Lipinski definition) is 3. The number of anilines is 1. The molecule has 26 heavy (non-hydrogen) atoms. The third kappa shape index (κ3) is 2.93. The molecule has 0 radical (unpaired) electrons. The number of nitrogens with zero attached hydrogens (tertiary/aromatic N) is 2. The van der Waals surface area contributed by atoms with Crippen LogP contribution in [0, 0.1) is 6.92 Å². The third-order valence-electron chi connectivity index (χ3n) is 3.95. The fourth-order valence-corrected chi connectivity index (χ4v) is 3.61. The summed E-state index contributed by atoms with van der Waals surface area (Å²) in [4.78, 5) is 41.1. The van der Waals surface area contributed by atoms with E-state index in [0.29, 0.717) is 27.2 Å². The number of phenols is 1. The second-order valence-corrected chi connectivity index (χ2v) is 6.56. The number of fused-ring (bicyclic) bond motifs is 1. The monoisotopic (exact) mass is 373 g/mol. The molecule has 0 saturated carbocycles. The van der Waals surface area contributed by atoms with Crippen molar-refractivity contribution >= 4 is 39.1 Å². The van der Waals surface area contributed by atoms with Gasteiger partial charge in [-0.3, -0.25) is 14.2 Å². The van der Waals surface area contributed by atoms with Crippen molar-refractivity contribution in [1.29, 1.82) is 0 Å². The minimum atomic E-state index is -1.30. The smallest absolute Gasteiger partial charge is 0.339 e. The van der Waals surface area contributed by atoms with E-state index in [-0.39, 0.29) is 16.8 Å². The van der Waals surface area contributed by atoms with E-state index in [4.69, 9.17) is 5.11 Å². The van der Waals surface area contributed by atoms with Gasteiger partial charge in [0.15, 0.2) is 0 Å². The number of aromatic nitrogens is 2. The van der Waals surface area contributed by atoms with Gasteiger partial charge in [-0.05, 0) is 37.6 Å². The quantitative estimate of drug-likeness (QED) is 0.604. The van der Waals surface area contributed by atoms with Gasteiger partial charge < -0.3 is 15.5 Å². The molecule has 8 nitrogen and oxygen atoms in total. The number of rotatable bonds is 4. The fourth-order valence-electron chi connectivity index (χ4n) is 2.57. The zero-order valence-corrected chi connectivity index (χ0v) is 14.8. The average molecular weight is 373 g/mol. The fraction of sp³-hybridized carbons (Fsp3) is 0.176. The Balaban J connectivity index is 2.00. The van der Waals surface area contributed by atoms with Gasteiger partial charge in [0.05, 0.1) is 16.6 Å². The van der Waals surface area contributed by atoms with E-state index >= 15 is 0 Å². The summed E-state index contributed by atoms with van der Waals surface area (Å²) in [6.07, 6.45) is 1.45. The van der Waals surface area contributed by atoms with Crippen molar-refractivity contribution < 1.29 is 19.8 Å². The predicted octanol–water partition coefficient (Wildman–Crippen LogP) is 2.44. The highest BCUT2D eigenvalue weighted by Gasteiger charge is 2.20. The first-order chi connectivity index (χ1) is 12.3. The lowest BCUT2D eigenvalue weighted by Crippen LogP contribution is -2.19. The van der Waals surface area contributed by atoms with E-state index in [0.717, 1.165) is 11.3 Å². The summed E-state index contributed by atoms with van der Waals surface area (Å²) in [5.74, 6) is -2.17. The summed E-state index contributed by atoms with van der Waals surface area (Å²) in [5.41, 5.74) is 0.229. The summed E-state index contributed by atoms with van der Waals surface area (Å²) < 4.78 is 1.46. The van der Waals surface area contributed by atoms with Crippen molar-refractivity contribution in [1.82, 2.24) is 9.55 Å². The number of carboxylic acid groups (broad SMARTS) is 1. The van der Waals surface area contributed by atoms with Crippen LogP contribution >= 0.6 is 11.3 Å². The number of aromatic carboxylic acids is 1. The van der Waals surface area contributed by atoms with Crippen molar-refractivity contribution in [2.24, 2.45) is 0 Å². The van der Waals surface area contributed by atoms with Gasteiger partial charge in [0.2, 0.25) is 0 Å². The van der Waals surface area contributed by atoms with E-state index in [9.17, 15) is 19.5 Å². The molecule has 1 aromatic carbocycles. The molecule has 3 aromatic rings. The number of carbonyl (C=O) groups excluding carboxylic acids is 1. The van der Waals surface area contributed by atoms with Gasteiger partial charge in [-0.2, -0.15) is 0 Å². The van der Waals surface area contributed by atoms with E-state index in [1.54, 1.807) is 6.92 Å². The van der Waals surface area contributed by atoms with Crippen LogP contribution in [0.5, 0.6) is 5.75 Å². The minimum absolute atomic E-state index is 0.205. The molecule has 0 fully saturated rings. The molecule has 0 aliphatic carbocycles. The number of benzene rings is 1. The minimum Gasteiger partial charge on any atom is -0.507 e. The average Bonchev–Trinajstić information content (AvgIpc) is 2.94. The van der Waals surface area contributed by atoms with Crippen molar-refractivity contribution in [3.05, 3.63) is 50.9 Å². The highest BCUT2D eigenvalue weighted by Crippen LogP contribution is 2.28. The lowest BCUT2D eigenvalue weighted by atomic mass is 10.1. The Morgan fingerprint density at radius 2 is 2.08 bits per heavy atom. The molecule has 2 heterocycles. The normalized spacial score (nSPS) is 10.8. The van der Waals surface area contributed by atoms with E-state index in [2.05, 4.69) is 10.3 Å². The van der Waals surface area contributed by atoms with Crippen LogP contribution in [0.25, 0.3) is 10.2 Å². The number of thiophene rings is 1. The van der Waals surface area contributed by atoms with Crippen molar-refractivity contribution in [3.63, 3.8) is 0 Å². The summed E-state index contributed by atoms with van der Waals surface area (Å²) in [6, 6.07) is 3.75. The van der Waals surface area contributed by atoms with Crippen LogP contribution < -0.4 is 10.9 Å². The number of nitrogens with one attached hydrogen (secondary N) is 1. The van der Waals surface area contributed by atoms with Crippen molar-refractivity contribution in [3.8, 4) is 5.75 Å². The Labute approximate surface area is 151 Å². The Kier molecular flexibility index (Phi) is 4.47. The van der Waals surface area contributed by atoms with Crippen LogP contribution in [0.2, 0.25) is 0 Å². The van der Waals surface area contributed by atoms with E-state index in [1.165, 1.54) is 29.1 Å². The number of amides is 1. The van der Waals surface area contributed by atoms with E-state index in [1.807, 2.05) is 6.92 Å². The standard InChI is InChI=1S/C17H15N3O5S/c1-3-20-7-18-15-12(16(20)23)8(2)13(26-15)14(22)19-9-4-5-11(21)10(6-9)17(24)25/h4-7,21H,3H2,1-2H3,(H,19,22)(H,24,25). The van der Waals surface area contributed by atoms with Gasteiger partial charge in [0.25, 0.3) is 11.5 Å². The van der Waals surface area contributed by atoms with Gasteiger partial charge in [-0.25, -0.2) is 9.78 Å². The highest BCUT2D eigenvalue weighted by atomic mass is 32.1. The van der Waals surface area contributed by atoms with Gasteiger partial charge >= 0.3 is 5.97 Å². The zero-order valence-electron chi connectivity index (χ0n) is 13.9. The molecule has 3 N–H and O–H groups in total. The van der Waals surface area contributed by atoms with Crippen molar-refractivity contribution in [2.45, 2.75) is 20.4 Å². The molecule has 0 spiro atoms. The number of carbonyl (C=O) groups is 2. The molecular formula is C17H15N3O5S. The number of aryl methyl sites for hydroxylation is 2.